The number of hydrogen-bond acceptors (Lipinski definition) is 3. The summed E-state index contributed by atoms with van der Waals surface area (Å²) in [5, 5.41) is 15.5. The van der Waals surface area contributed by atoms with Crippen LogP contribution in [0.15, 0.2) is 24.3 Å². The van der Waals surface area contributed by atoms with Crippen molar-refractivity contribution in [1.29, 1.82) is 0 Å². The predicted molar refractivity (Wildman–Crippen MR) is 70.9 cm³/mol. The molecule has 1 aromatic carbocycles. The average Bonchev–Trinajstić information content (AvgIpc) is 2.83. The van der Waals surface area contributed by atoms with Crippen LogP contribution in [0.4, 0.5) is 0 Å². The van der Waals surface area contributed by atoms with E-state index in [-0.39, 0.29) is 6.42 Å². The fraction of sp³-hybridized carbons (Fsp3) is 0.357. The molecule has 5 nitrogen and oxygen atoms in total. The second kappa shape index (κ2) is 6.13. The van der Waals surface area contributed by atoms with E-state index in [4.69, 9.17) is 5.11 Å². The lowest BCUT2D eigenvalue weighted by Gasteiger charge is -2.02. The van der Waals surface area contributed by atoms with Crippen LogP contribution in [0.25, 0.3) is 0 Å². The number of aromatic nitrogens is 3. The van der Waals surface area contributed by atoms with Crippen LogP contribution in [-0.2, 0) is 24.1 Å². The van der Waals surface area contributed by atoms with Gasteiger partial charge in [-0.25, -0.2) is 4.98 Å². The maximum absolute atomic E-state index is 10.5. The van der Waals surface area contributed by atoms with Crippen LogP contribution in [0.5, 0.6) is 0 Å². The molecule has 0 atom stereocenters. The number of H-pyrrole nitrogens is 1. The Kier molecular flexibility index (Phi) is 4.28. The van der Waals surface area contributed by atoms with E-state index in [1.54, 1.807) is 0 Å². The monoisotopic (exact) mass is 259 g/mol. The van der Waals surface area contributed by atoms with Crippen LogP contribution >= 0.6 is 0 Å². The number of rotatable bonds is 6. The van der Waals surface area contributed by atoms with Gasteiger partial charge >= 0.3 is 5.97 Å². The molecule has 1 heterocycles. The Morgan fingerprint density at radius 2 is 2.05 bits per heavy atom. The molecule has 0 fully saturated rings. The molecule has 0 radical (unpaired) electrons. The summed E-state index contributed by atoms with van der Waals surface area (Å²) in [6, 6.07) is 8.24. The molecular weight excluding hydrogens is 242 g/mol. The normalized spacial score (nSPS) is 10.6. The Morgan fingerprint density at radius 1 is 1.26 bits per heavy atom. The lowest BCUT2D eigenvalue weighted by Crippen LogP contribution is -1.99. The number of aliphatic carboxylic acids is 1. The molecule has 0 aliphatic heterocycles. The smallest absolute Gasteiger partial charge is 0.303 e. The van der Waals surface area contributed by atoms with Crippen molar-refractivity contribution in [3.05, 3.63) is 47.0 Å². The highest BCUT2D eigenvalue weighted by Gasteiger charge is 2.06. The predicted octanol–water partition coefficient (Wildman–Crippen LogP) is 1.92. The minimum atomic E-state index is -0.821. The van der Waals surface area contributed by atoms with Gasteiger partial charge in [0.2, 0.25) is 0 Å². The molecule has 0 saturated heterocycles. The van der Waals surface area contributed by atoms with Gasteiger partial charge in [-0.15, -0.1) is 0 Å². The number of nitrogens with zero attached hydrogens (tertiary/aromatic N) is 2. The van der Waals surface area contributed by atoms with E-state index in [1.807, 2.05) is 12.1 Å². The third kappa shape index (κ3) is 3.91. The van der Waals surface area contributed by atoms with Gasteiger partial charge in [0.25, 0.3) is 0 Å². The van der Waals surface area contributed by atoms with Crippen LogP contribution in [0, 0.1) is 6.92 Å². The number of aryl methyl sites for hydroxylation is 4. The molecule has 0 unspecified atom stereocenters. The zero-order chi connectivity index (χ0) is 13.7. The third-order valence-electron chi connectivity index (χ3n) is 3.03. The molecule has 2 aromatic rings. The Balaban J connectivity index is 1.90. The number of carboxylic acids is 1. The third-order valence-corrected chi connectivity index (χ3v) is 3.03. The highest BCUT2D eigenvalue weighted by molar-refractivity contribution is 5.66. The maximum Gasteiger partial charge on any atom is 0.303 e. The summed E-state index contributed by atoms with van der Waals surface area (Å²) in [4.78, 5) is 14.8. The number of carboxylic acid groups (broad SMARTS) is 1. The average molecular weight is 259 g/mol. The van der Waals surface area contributed by atoms with E-state index in [9.17, 15) is 4.79 Å². The van der Waals surface area contributed by atoms with Crippen molar-refractivity contribution in [2.75, 3.05) is 0 Å². The van der Waals surface area contributed by atoms with Crippen LogP contribution in [0.2, 0.25) is 0 Å². The van der Waals surface area contributed by atoms with E-state index < -0.39 is 5.97 Å². The molecular formula is C14H17N3O2. The summed E-state index contributed by atoms with van der Waals surface area (Å²) in [7, 11) is 0. The standard InChI is InChI=1S/C14H17N3O2/c1-10-4-2-3-5-11(10)6-7-12-15-13(17-16-12)8-9-14(18)19/h2-5H,6-9H2,1H3,(H,18,19)(H,15,16,17). The van der Waals surface area contributed by atoms with Gasteiger partial charge in [-0.2, -0.15) is 5.10 Å². The van der Waals surface area contributed by atoms with Gasteiger partial charge in [-0.1, -0.05) is 24.3 Å². The van der Waals surface area contributed by atoms with Crippen molar-refractivity contribution >= 4 is 5.97 Å². The lowest BCUT2D eigenvalue weighted by atomic mass is 10.0. The molecule has 0 aliphatic carbocycles. The van der Waals surface area contributed by atoms with Gasteiger partial charge in [-0.3, -0.25) is 9.89 Å². The molecule has 0 amide bonds. The maximum atomic E-state index is 10.5. The van der Waals surface area contributed by atoms with Crippen LogP contribution in [0.1, 0.15) is 29.2 Å². The fourth-order valence-electron chi connectivity index (χ4n) is 1.92. The van der Waals surface area contributed by atoms with E-state index in [2.05, 4.69) is 34.2 Å². The van der Waals surface area contributed by atoms with E-state index in [1.165, 1.54) is 11.1 Å². The quantitative estimate of drug-likeness (QED) is 0.830. The zero-order valence-electron chi connectivity index (χ0n) is 10.9. The summed E-state index contributed by atoms with van der Waals surface area (Å²) < 4.78 is 0. The molecule has 1 aromatic heterocycles. The summed E-state index contributed by atoms with van der Waals surface area (Å²) >= 11 is 0. The fourth-order valence-corrected chi connectivity index (χ4v) is 1.92. The zero-order valence-corrected chi connectivity index (χ0v) is 10.9. The lowest BCUT2D eigenvalue weighted by molar-refractivity contribution is -0.137. The molecule has 0 aliphatic rings. The molecule has 5 heteroatoms. The largest absolute Gasteiger partial charge is 0.481 e. The first-order valence-corrected chi connectivity index (χ1v) is 6.31. The second-order valence-electron chi connectivity index (χ2n) is 4.52. The Morgan fingerprint density at radius 3 is 2.79 bits per heavy atom. The summed E-state index contributed by atoms with van der Waals surface area (Å²) in [5.74, 6) is 0.559. The van der Waals surface area contributed by atoms with Crippen molar-refractivity contribution < 1.29 is 9.90 Å². The molecule has 0 spiro atoms. The van der Waals surface area contributed by atoms with Crippen molar-refractivity contribution in [3.8, 4) is 0 Å². The number of benzene rings is 1. The van der Waals surface area contributed by atoms with E-state index in [0.717, 1.165) is 18.7 Å². The highest BCUT2D eigenvalue weighted by Crippen LogP contribution is 2.10. The topological polar surface area (TPSA) is 78.9 Å². The summed E-state index contributed by atoms with van der Waals surface area (Å²) in [6.07, 6.45) is 2.12. The summed E-state index contributed by atoms with van der Waals surface area (Å²) in [6.45, 7) is 2.09. The first-order chi connectivity index (χ1) is 9.15. The molecule has 2 N–H and O–H groups in total. The van der Waals surface area contributed by atoms with Crippen LogP contribution < -0.4 is 0 Å². The highest BCUT2D eigenvalue weighted by atomic mass is 16.4. The van der Waals surface area contributed by atoms with Gasteiger partial charge in [0.05, 0.1) is 6.42 Å². The van der Waals surface area contributed by atoms with Gasteiger partial charge in [-0.05, 0) is 24.5 Å². The minimum absolute atomic E-state index is 0.0758. The first kappa shape index (κ1) is 13.3. The molecule has 100 valence electrons. The SMILES string of the molecule is Cc1ccccc1CCc1n[nH]c(CCC(=O)O)n1. The molecule has 2 rings (SSSR count). The van der Waals surface area contributed by atoms with Gasteiger partial charge in [0.1, 0.15) is 5.82 Å². The van der Waals surface area contributed by atoms with Gasteiger partial charge < -0.3 is 5.11 Å². The second-order valence-corrected chi connectivity index (χ2v) is 4.52. The summed E-state index contributed by atoms with van der Waals surface area (Å²) in [5.41, 5.74) is 2.56. The first-order valence-electron chi connectivity index (χ1n) is 6.31. The van der Waals surface area contributed by atoms with E-state index >= 15 is 0 Å². The van der Waals surface area contributed by atoms with Crippen molar-refractivity contribution in [3.63, 3.8) is 0 Å². The van der Waals surface area contributed by atoms with Crippen molar-refractivity contribution in [2.24, 2.45) is 0 Å². The Bertz CT molecular complexity index is 563. The van der Waals surface area contributed by atoms with Crippen molar-refractivity contribution in [2.45, 2.75) is 32.6 Å². The van der Waals surface area contributed by atoms with Gasteiger partial charge in [0.15, 0.2) is 5.82 Å². The Labute approximate surface area is 111 Å². The Hall–Kier alpha value is -2.17. The minimum Gasteiger partial charge on any atom is -0.481 e. The van der Waals surface area contributed by atoms with Crippen LogP contribution in [-0.4, -0.2) is 26.3 Å². The van der Waals surface area contributed by atoms with Crippen molar-refractivity contribution in [1.82, 2.24) is 15.2 Å². The number of hydrogen-bond donors (Lipinski definition) is 2. The van der Waals surface area contributed by atoms with Gasteiger partial charge in [0, 0.05) is 12.8 Å². The van der Waals surface area contributed by atoms with E-state index in [0.29, 0.717) is 12.2 Å². The molecule has 0 bridgehead atoms. The molecule has 0 saturated carbocycles. The number of carbonyl (C=O) groups is 1. The number of aromatic amines is 1. The van der Waals surface area contributed by atoms with Crippen LogP contribution in [0.3, 0.4) is 0 Å². The number of nitrogens with one attached hydrogen (secondary N) is 1. The molecule has 19 heavy (non-hydrogen) atoms.